The zero-order valence-corrected chi connectivity index (χ0v) is 15.4. The summed E-state index contributed by atoms with van der Waals surface area (Å²) >= 11 is 0. The third-order valence-electron chi connectivity index (χ3n) is 5.33. The van der Waals surface area contributed by atoms with E-state index >= 15 is 0 Å². The first-order valence-corrected chi connectivity index (χ1v) is 9.28. The molecule has 1 aliphatic rings. The summed E-state index contributed by atoms with van der Waals surface area (Å²) in [5, 5.41) is 9.25. The van der Waals surface area contributed by atoms with Crippen molar-refractivity contribution in [3.05, 3.63) is 71.0 Å². The molecule has 1 unspecified atom stereocenters. The standard InChI is InChI=1S/C22H26FNO2/c1-15(2)16-6-8-17(9-7-16)21(19-4-3-5-20(23)14-19)24-12-10-18(11-13-24)22(25)26/h3-9,14-15,18,21H,10-13H2,1-2H3,(H,25,26). The minimum absolute atomic E-state index is 0.0540. The Morgan fingerprint density at radius 2 is 1.65 bits per heavy atom. The Hall–Kier alpha value is -2.20. The molecule has 2 aromatic carbocycles. The van der Waals surface area contributed by atoms with Crippen molar-refractivity contribution in [1.82, 2.24) is 4.90 Å². The zero-order valence-electron chi connectivity index (χ0n) is 15.4. The van der Waals surface area contributed by atoms with Gasteiger partial charge in [-0.1, -0.05) is 50.2 Å². The maximum Gasteiger partial charge on any atom is 0.306 e. The molecule has 0 saturated carbocycles. The Labute approximate surface area is 154 Å². The maximum atomic E-state index is 13.9. The number of benzene rings is 2. The van der Waals surface area contributed by atoms with Gasteiger partial charge in [0.25, 0.3) is 0 Å². The lowest BCUT2D eigenvalue weighted by molar-refractivity contribution is -0.143. The predicted octanol–water partition coefficient (Wildman–Crippen LogP) is 4.84. The van der Waals surface area contributed by atoms with Crippen molar-refractivity contribution in [2.24, 2.45) is 5.92 Å². The van der Waals surface area contributed by atoms with E-state index < -0.39 is 5.97 Å². The van der Waals surface area contributed by atoms with Crippen LogP contribution in [0.3, 0.4) is 0 Å². The number of aliphatic carboxylic acids is 1. The van der Waals surface area contributed by atoms with Crippen LogP contribution >= 0.6 is 0 Å². The molecule has 3 nitrogen and oxygen atoms in total. The summed E-state index contributed by atoms with van der Waals surface area (Å²) in [6.45, 7) is 5.72. The molecule has 1 atom stereocenters. The molecule has 1 heterocycles. The van der Waals surface area contributed by atoms with Crippen molar-refractivity contribution in [1.29, 1.82) is 0 Å². The van der Waals surface area contributed by atoms with E-state index in [2.05, 4.69) is 43.0 Å². The summed E-state index contributed by atoms with van der Waals surface area (Å²) in [6, 6.07) is 15.2. The van der Waals surface area contributed by atoms with Gasteiger partial charge in [0.05, 0.1) is 12.0 Å². The minimum atomic E-state index is -0.715. The number of hydrogen-bond donors (Lipinski definition) is 1. The van der Waals surface area contributed by atoms with Crippen molar-refractivity contribution in [3.8, 4) is 0 Å². The third-order valence-corrected chi connectivity index (χ3v) is 5.33. The molecule has 0 aromatic heterocycles. The molecule has 1 saturated heterocycles. The topological polar surface area (TPSA) is 40.5 Å². The lowest BCUT2D eigenvalue weighted by Crippen LogP contribution is -2.39. The van der Waals surface area contributed by atoms with Gasteiger partial charge in [-0.3, -0.25) is 9.69 Å². The van der Waals surface area contributed by atoms with Gasteiger partial charge in [-0.15, -0.1) is 0 Å². The number of carboxylic acid groups (broad SMARTS) is 1. The molecular formula is C22H26FNO2. The van der Waals surface area contributed by atoms with Gasteiger partial charge in [-0.05, 0) is 60.7 Å². The molecule has 1 aliphatic heterocycles. The highest BCUT2D eigenvalue weighted by Crippen LogP contribution is 2.33. The molecule has 0 bridgehead atoms. The van der Waals surface area contributed by atoms with Crippen molar-refractivity contribution in [3.63, 3.8) is 0 Å². The first kappa shape index (κ1) is 18.6. The van der Waals surface area contributed by atoms with Gasteiger partial charge in [0.2, 0.25) is 0 Å². The number of hydrogen-bond acceptors (Lipinski definition) is 2. The highest BCUT2D eigenvalue weighted by molar-refractivity contribution is 5.70. The van der Waals surface area contributed by atoms with E-state index in [4.69, 9.17) is 0 Å². The van der Waals surface area contributed by atoms with E-state index in [9.17, 15) is 14.3 Å². The summed E-state index contributed by atoms with van der Waals surface area (Å²) in [5.74, 6) is -0.773. The Morgan fingerprint density at radius 3 is 2.19 bits per heavy atom. The average Bonchev–Trinajstić information content (AvgIpc) is 2.63. The largest absolute Gasteiger partial charge is 0.481 e. The number of carboxylic acids is 1. The van der Waals surface area contributed by atoms with Crippen LogP contribution in [0.2, 0.25) is 0 Å². The van der Waals surface area contributed by atoms with Crippen LogP contribution in [0.1, 0.15) is 55.3 Å². The number of carbonyl (C=O) groups is 1. The zero-order chi connectivity index (χ0) is 18.7. The fraction of sp³-hybridized carbons (Fsp3) is 0.409. The number of rotatable bonds is 5. The second-order valence-electron chi connectivity index (χ2n) is 7.43. The van der Waals surface area contributed by atoms with E-state index in [1.165, 1.54) is 11.6 Å². The van der Waals surface area contributed by atoms with Crippen LogP contribution in [0, 0.1) is 11.7 Å². The van der Waals surface area contributed by atoms with Crippen LogP contribution in [0.15, 0.2) is 48.5 Å². The normalized spacial score (nSPS) is 17.4. The minimum Gasteiger partial charge on any atom is -0.481 e. The van der Waals surface area contributed by atoms with Gasteiger partial charge >= 0.3 is 5.97 Å². The monoisotopic (exact) mass is 355 g/mol. The van der Waals surface area contributed by atoms with Crippen molar-refractivity contribution < 1.29 is 14.3 Å². The van der Waals surface area contributed by atoms with Gasteiger partial charge in [0.1, 0.15) is 5.82 Å². The van der Waals surface area contributed by atoms with E-state index in [1.54, 1.807) is 12.1 Å². The fourth-order valence-electron chi connectivity index (χ4n) is 3.76. The second kappa shape index (κ2) is 8.00. The smallest absolute Gasteiger partial charge is 0.306 e. The predicted molar refractivity (Wildman–Crippen MR) is 101 cm³/mol. The molecule has 138 valence electrons. The van der Waals surface area contributed by atoms with Gasteiger partial charge in [-0.25, -0.2) is 4.39 Å². The summed E-state index contributed by atoms with van der Waals surface area (Å²) in [7, 11) is 0. The van der Waals surface area contributed by atoms with E-state index in [-0.39, 0.29) is 17.8 Å². The number of piperidine rings is 1. The summed E-state index contributed by atoms with van der Waals surface area (Å²) in [6.07, 6.45) is 1.26. The number of nitrogens with zero attached hydrogens (tertiary/aromatic N) is 1. The Kier molecular flexibility index (Phi) is 5.72. The Morgan fingerprint density at radius 1 is 1.04 bits per heavy atom. The second-order valence-corrected chi connectivity index (χ2v) is 7.43. The van der Waals surface area contributed by atoms with Crippen LogP contribution < -0.4 is 0 Å². The highest BCUT2D eigenvalue weighted by atomic mass is 19.1. The van der Waals surface area contributed by atoms with Gasteiger partial charge in [-0.2, -0.15) is 0 Å². The molecule has 0 spiro atoms. The Balaban J connectivity index is 1.91. The Bertz CT molecular complexity index is 749. The van der Waals surface area contributed by atoms with Crippen LogP contribution in [0.25, 0.3) is 0 Å². The van der Waals surface area contributed by atoms with Gasteiger partial charge in [0.15, 0.2) is 0 Å². The fourth-order valence-corrected chi connectivity index (χ4v) is 3.76. The average molecular weight is 355 g/mol. The highest BCUT2D eigenvalue weighted by Gasteiger charge is 2.30. The van der Waals surface area contributed by atoms with Crippen molar-refractivity contribution in [2.45, 2.75) is 38.6 Å². The molecule has 4 heteroatoms. The number of halogens is 1. The molecule has 0 amide bonds. The van der Waals surface area contributed by atoms with Crippen LogP contribution in [-0.4, -0.2) is 29.1 Å². The van der Waals surface area contributed by atoms with Crippen molar-refractivity contribution in [2.75, 3.05) is 13.1 Å². The maximum absolute atomic E-state index is 13.9. The van der Waals surface area contributed by atoms with Gasteiger partial charge in [0, 0.05) is 0 Å². The first-order chi connectivity index (χ1) is 12.5. The lowest BCUT2D eigenvalue weighted by Gasteiger charge is -2.37. The molecule has 1 N–H and O–H groups in total. The molecule has 3 rings (SSSR count). The molecule has 1 fully saturated rings. The molecule has 26 heavy (non-hydrogen) atoms. The molecule has 0 aliphatic carbocycles. The third kappa shape index (κ3) is 4.13. The summed E-state index contributed by atoms with van der Waals surface area (Å²) in [4.78, 5) is 13.5. The van der Waals surface area contributed by atoms with E-state index in [0.29, 0.717) is 31.8 Å². The van der Waals surface area contributed by atoms with E-state index in [0.717, 1.165) is 11.1 Å². The molecule has 0 radical (unpaired) electrons. The summed E-state index contributed by atoms with van der Waals surface area (Å²) in [5.41, 5.74) is 3.31. The summed E-state index contributed by atoms with van der Waals surface area (Å²) < 4.78 is 13.9. The first-order valence-electron chi connectivity index (χ1n) is 9.28. The lowest BCUT2D eigenvalue weighted by atomic mass is 9.90. The van der Waals surface area contributed by atoms with Crippen molar-refractivity contribution >= 4 is 5.97 Å². The van der Waals surface area contributed by atoms with Gasteiger partial charge < -0.3 is 5.11 Å². The SMILES string of the molecule is CC(C)c1ccc(C(c2cccc(F)c2)N2CCC(C(=O)O)CC2)cc1. The molecular weight excluding hydrogens is 329 g/mol. The van der Waals surface area contributed by atoms with Crippen LogP contribution in [-0.2, 0) is 4.79 Å². The quantitative estimate of drug-likeness (QED) is 0.835. The van der Waals surface area contributed by atoms with Crippen LogP contribution in [0.4, 0.5) is 4.39 Å². The molecule has 2 aromatic rings. The van der Waals surface area contributed by atoms with Crippen LogP contribution in [0.5, 0.6) is 0 Å². The van der Waals surface area contributed by atoms with E-state index in [1.807, 2.05) is 6.07 Å². The number of likely N-dealkylation sites (tertiary alicyclic amines) is 1.